The molecule has 1 atom stereocenters. The summed E-state index contributed by atoms with van der Waals surface area (Å²) < 4.78 is 0. The predicted octanol–water partition coefficient (Wildman–Crippen LogP) is 6.47. The van der Waals surface area contributed by atoms with Gasteiger partial charge in [0.05, 0.1) is 0 Å². The number of Topliss-reactive ketones (excluding diaryl/α,β-unsaturated/α-hetero) is 1. The molecule has 0 N–H and O–H groups in total. The first kappa shape index (κ1) is 20.2. The number of carbonyl (C=O) groups excluding carboxylic acids is 2. The summed E-state index contributed by atoms with van der Waals surface area (Å²) in [5.41, 5.74) is 4.03. The third-order valence-corrected chi connectivity index (χ3v) is 6.34. The highest BCUT2D eigenvalue weighted by Crippen LogP contribution is 2.49. The van der Waals surface area contributed by atoms with Gasteiger partial charge in [-0.05, 0) is 48.6 Å². The first-order chi connectivity index (χ1) is 13.7. The standard InChI is InChI=1S/C24H23Cl2NO2/c1-14-4-7-16(8-5-14)27-20-12-24(2,3)13-21(28)23(20)18(11-22(27)29)17-9-6-15(25)10-19(17)26/h4-10,18H,11-13H2,1-3H3/t18-/m0/s1. The lowest BCUT2D eigenvalue weighted by atomic mass is 9.69. The number of benzene rings is 2. The minimum Gasteiger partial charge on any atom is -0.294 e. The Kier molecular flexibility index (Phi) is 5.08. The Morgan fingerprint density at radius 1 is 1.00 bits per heavy atom. The molecular weight excluding hydrogens is 405 g/mol. The fourth-order valence-electron chi connectivity index (χ4n) is 4.46. The largest absolute Gasteiger partial charge is 0.294 e. The fraction of sp³-hybridized carbons (Fsp3) is 0.333. The summed E-state index contributed by atoms with van der Waals surface area (Å²) in [5.74, 6) is -0.265. The lowest BCUT2D eigenvalue weighted by Gasteiger charge is -2.43. The Labute approximate surface area is 181 Å². The molecule has 2 aliphatic rings. The van der Waals surface area contributed by atoms with Gasteiger partial charge >= 0.3 is 0 Å². The number of nitrogens with zero attached hydrogens (tertiary/aromatic N) is 1. The van der Waals surface area contributed by atoms with Crippen LogP contribution in [0.15, 0.2) is 53.7 Å². The first-order valence-corrected chi connectivity index (χ1v) is 10.5. The second-order valence-electron chi connectivity index (χ2n) is 8.79. The third-order valence-electron chi connectivity index (χ3n) is 5.77. The molecule has 0 saturated heterocycles. The van der Waals surface area contributed by atoms with Gasteiger partial charge in [0.1, 0.15) is 0 Å². The Bertz CT molecular complexity index is 1040. The summed E-state index contributed by atoms with van der Waals surface area (Å²) in [5, 5.41) is 1.02. The van der Waals surface area contributed by atoms with Gasteiger partial charge in [0.25, 0.3) is 0 Å². The van der Waals surface area contributed by atoms with E-state index in [-0.39, 0.29) is 29.4 Å². The number of amides is 1. The number of halogens is 2. The van der Waals surface area contributed by atoms with E-state index in [0.29, 0.717) is 28.5 Å². The number of aryl methyl sites for hydroxylation is 1. The van der Waals surface area contributed by atoms with Gasteiger partial charge in [0, 0.05) is 45.8 Å². The molecule has 150 valence electrons. The van der Waals surface area contributed by atoms with Crippen molar-refractivity contribution in [2.75, 3.05) is 4.90 Å². The first-order valence-electron chi connectivity index (χ1n) is 9.77. The fourth-order valence-corrected chi connectivity index (χ4v) is 5.00. The molecule has 1 heterocycles. The van der Waals surface area contributed by atoms with E-state index in [9.17, 15) is 9.59 Å². The molecule has 4 rings (SSSR count). The summed E-state index contributed by atoms with van der Waals surface area (Å²) in [4.78, 5) is 28.3. The van der Waals surface area contributed by atoms with Gasteiger partial charge in [-0.15, -0.1) is 0 Å². The van der Waals surface area contributed by atoms with Gasteiger partial charge in [-0.1, -0.05) is 60.8 Å². The zero-order valence-electron chi connectivity index (χ0n) is 16.8. The van der Waals surface area contributed by atoms with E-state index < -0.39 is 0 Å². The molecule has 1 aliphatic heterocycles. The van der Waals surface area contributed by atoms with Crippen LogP contribution >= 0.6 is 23.2 Å². The monoisotopic (exact) mass is 427 g/mol. The van der Waals surface area contributed by atoms with Crippen molar-refractivity contribution in [1.29, 1.82) is 0 Å². The maximum absolute atomic E-state index is 13.3. The van der Waals surface area contributed by atoms with Crippen molar-refractivity contribution in [3.05, 3.63) is 74.9 Å². The molecule has 0 saturated carbocycles. The maximum atomic E-state index is 13.3. The molecule has 0 fully saturated rings. The van der Waals surface area contributed by atoms with E-state index in [0.717, 1.165) is 22.5 Å². The van der Waals surface area contributed by atoms with Crippen molar-refractivity contribution in [2.45, 2.75) is 46.0 Å². The SMILES string of the molecule is Cc1ccc(N2C(=O)C[C@@H](c3ccc(Cl)cc3Cl)C3=C2CC(C)(C)CC3=O)cc1. The molecular formula is C24H23Cl2NO2. The van der Waals surface area contributed by atoms with Crippen LogP contribution in [0.1, 0.15) is 50.2 Å². The summed E-state index contributed by atoms with van der Waals surface area (Å²) in [6.07, 6.45) is 1.33. The van der Waals surface area contributed by atoms with Crippen molar-refractivity contribution in [3.63, 3.8) is 0 Å². The second kappa shape index (κ2) is 7.30. The number of ketones is 1. The Morgan fingerprint density at radius 3 is 2.34 bits per heavy atom. The van der Waals surface area contributed by atoms with E-state index in [2.05, 4.69) is 13.8 Å². The van der Waals surface area contributed by atoms with Crippen molar-refractivity contribution >= 4 is 40.6 Å². The number of hydrogen-bond acceptors (Lipinski definition) is 2. The third kappa shape index (κ3) is 3.74. The molecule has 0 bridgehead atoms. The number of anilines is 1. The quantitative estimate of drug-likeness (QED) is 0.550. The highest BCUT2D eigenvalue weighted by molar-refractivity contribution is 6.35. The predicted molar refractivity (Wildman–Crippen MR) is 118 cm³/mol. The van der Waals surface area contributed by atoms with Crippen molar-refractivity contribution < 1.29 is 9.59 Å². The van der Waals surface area contributed by atoms with Crippen LogP contribution in [-0.4, -0.2) is 11.7 Å². The van der Waals surface area contributed by atoms with Crippen LogP contribution in [0.2, 0.25) is 10.0 Å². The average Bonchev–Trinajstić information content (AvgIpc) is 2.61. The van der Waals surface area contributed by atoms with Crippen LogP contribution in [0.4, 0.5) is 5.69 Å². The molecule has 0 aromatic heterocycles. The maximum Gasteiger partial charge on any atom is 0.232 e. The van der Waals surface area contributed by atoms with E-state index >= 15 is 0 Å². The number of rotatable bonds is 2. The van der Waals surface area contributed by atoms with Crippen LogP contribution in [0.3, 0.4) is 0 Å². The molecule has 0 radical (unpaired) electrons. The Balaban J connectivity index is 1.91. The zero-order valence-corrected chi connectivity index (χ0v) is 18.3. The molecule has 3 nitrogen and oxygen atoms in total. The van der Waals surface area contributed by atoms with E-state index in [1.165, 1.54) is 0 Å². The van der Waals surface area contributed by atoms with E-state index in [1.54, 1.807) is 17.0 Å². The highest BCUT2D eigenvalue weighted by atomic mass is 35.5. The molecule has 29 heavy (non-hydrogen) atoms. The molecule has 1 aliphatic carbocycles. The summed E-state index contributed by atoms with van der Waals surface area (Å²) in [6, 6.07) is 13.1. The summed E-state index contributed by atoms with van der Waals surface area (Å²) >= 11 is 12.5. The minimum atomic E-state index is -0.340. The van der Waals surface area contributed by atoms with Gasteiger partial charge in [-0.2, -0.15) is 0 Å². The molecule has 0 spiro atoms. The number of allylic oxidation sites excluding steroid dienone is 2. The zero-order chi connectivity index (χ0) is 20.9. The molecule has 0 unspecified atom stereocenters. The molecule has 1 amide bonds. The number of carbonyl (C=O) groups is 2. The lowest BCUT2D eigenvalue weighted by molar-refractivity contribution is -0.121. The molecule has 5 heteroatoms. The normalized spacial score (nSPS) is 21.4. The van der Waals surface area contributed by atoms with Crippen molar-refractivity contribution in [1.82, 2.24) is 0 Å². The van der Waals surface area contributed by atoms with Crippen LogP contribution in [0, 0.1) is 12.3 Å². The van der Waals surface area contributed by atoms with Crippen molar-refractivity contribution in [3.8, 4) is 0 Å². The summed E-state index contributed by atoms with van der Waals surface area (Å²) in [6.45, 7) is 6.16. The topological polar surface area (TPSA) is 37.4 Å². The highest BCUT2D eigenvalue weighted by Gasteiger charge is 2.44. The smallest absolute Gasteiger partial charge is 0.232 e. The van der Waals surface area contributed by atoms with Crippen molar-refractivity contribution in [2.24, 2.45) is 5.41 Å². The van der Waals surface area contributed by atoms with Crippen LogP contribution in [-0.2, 0) is 9.59 Å². The van der Waals surface area contributed by atoms with Crippen LogP contribution in [0.5, 0.6) is 0 Å². The average molecular weight is 428 g/mol. The van der Waals surface area contributed by atoms with Gasteiger partial charge in [-0.3, -0.25) is 14.5 Å². The van der Waals surface area contributed by atoms with E-state index in [4.69, 9.17) is 23.2 Å². The molecule has 2 aromatic carbocycles. The minimum absolute atomic E-state index is 0.0193. The van der Waals surface area contributed by atoms with Crippen LogP contribution in [0.25, 0.3) is 0 Å². The lowest BCUT2D eigenvalue weighted by Crippen LogP contribution is -2.43. The van der Waals surface area contributed by atoms with Gasteiger partial charge in [0.2, 0.25) is 5.91 Å². The number of hydrogen-bond donors (Lipinski definition) is 0. The Morgan fingerprint density at radius 2 is 1.69 bits per heavy atom. The van der Waals surface area contributed by atoms with Gasteiger partial charge in [-0.25, -0.2) is 0 Å². The van der Waals surface area contributed by atoms with Gasteiger partial charge in [0.15, 0.2) is 5.78 Å². The van der Waals surface area contributed by atoms with E-state index in [1.807, 2.05) is 37.3 Å². The molecule has 2 aromatic rings. The Hall–Kier alpha value is -2.10. The second-order valence-corrected chi connectivity index (χ2v) is 9.63. The van der Waals surface area contributed by atoms with Gasteiger partial charge < -0.3 is 0 Å². The summed E-state index contributed by atoms with van der Waals surface area (Å²) in [7, 11) is 0. The van der Waals surface area contributed by atoms with Crippen LogP contribution < -0.4 is 4.90 Å².